The second-order valence-corrected chi connectivity index (χ2v) is 22.3. The zero-order valence-electron chi connectivity index (χ0n) is 42.8. The molecule has 6 fully saturated rings. The number of aromatic nitrogens is 1. The van der Waals surface area contributed by atoms with Crippen LogP contribution < -0.4 is 24.5 Å². The molecule has 5 heterocycles. The van der Waals surface area contributed by atoms with Crippen molar-refractivity contribution in [3.05, 3.63) is 97.6 Å². The van der Waals surface area contributed by atoms with Crippen LogP contribution in [0, 0.1) is 23.6 Å². The van der Waals surface area contributed by atoms with Gasteiger partial charge in [-0.1, -0.05) is 29.4 Å². The molecule has 1 N–H and O–H groups in total. The van der Waals surface area contributed by atoms with Gasteiger partial charge < -0.3 is 38.3 Å². The number of pyridine rings is 1. The van der Waals surface area contributed by atoms with Gasteiger partial charge in [-0.3, -0.25) is 14.5 Å². The summed E-state index contributed by atoms with van der Waals surface area (Å²) in [5.74, 6) is -1.34. The first-order valence-electron chi connectivity index (χ1n) is 25.4. The van der Waals surface area contributed by atoms with Crippen LogP contribution in [0.3, 0.4) is 0 Å². The standard InChI is InChI=1S/C57H68FN3O10/c1-31(2)12-11-19-55(8)20-18-36-48(67-9)39-26-41-46(60-24-22-59(23-25-60)44-29-43-37(27-42(44)58)47(62)40(52(64)65)30-61(43)34-14-15-34)38-28-45-54(6,7)71-56(51(38)63,21-17-33(5)53(66)68-10)57(41,45)70-50(39)35(49(36)69-55)16-13-32(3)4/h12-13,17-18,20,27,29-30,34,38,41,45-46H,11,14-16,19,21-26,28H2,1-10H3,(H,64,65)/b33-17-. The van der Waals surface area contributed by atoms with Crippen LogP contribution in [0.5, 0.6) is 17.2 Å². The van der Waals surface area contributed by atoms with Crippen molar-refractivity contribution in [1.82, 2.24) is 9.47 Å². The van der Waals surface area contributed by atoms with E-state index >= 15 is 9.18 Å². The molecule has 0 radical (unpaired) electrons. The van der Waals surface area contributed by atoms with Gasteiger partial charge in [0, 0.05) is 90.7 Å². The minimum atomic E-state index is -1.46. The van der Waals surface area contributed by atoms with E-state index in [0.717, 1.165) is 47.9 Å². The largest absolute Gasteiger partial charge is 0.496 e. The Morgan fingerprint density at radius 2 is 1.66 bits per heavy atom. The molecule has 4 aliphatic carbocycles. The molecule has 4 aliphatic heterocycles. The predicted molar refractivity (Wildman–Crippen MR) is 269 cm³/mol. The number of anilines is 1. The van der Waals surface area contributed by atoms with Crippen LogP contribution in [0.4, 0.5) is 10.1 Å². The number of piperazine rings is 1. The number of benzene rings is 2. The SMILES string of the molecule is COC(=O)/C(C)=C\CC12OC(C)(C)C3CC(C1=O)C(N1CCN(c4cc5c(cc4F)c(=O)c(C(=O)O)cn5C4CC4)CC1)C1Cc4c(OC)c5c(c(CC=C(C)C)c4OC132)OC(C)(CCC=C(C)C)C=C5. The number of hydrogen-bond donors (Lipinski definition) is 1. The second kappa shape index (κ2) is 17.5. The van der Waals surface area contributed by atoms with E-state index in [2.05, 4.69) is 77.7 Å². The lowest BCUT2D eigenvalue weighted by atomic mass is 9.45. The van der Waals surface area contributed by atoms with E-state index in [1.54, 1.807) is 26.2 Å². The molecule has 7 unspecified atom stereocenters. The summed E-state index contributed by atoms with van der Waals surface area (Å²) in [7, 11) is 3.04. The molecule has 3 aromatic rings. The van der Waals surface area contributed by atoms with E-state index in [4.69, 9.17) is 23.7 Å². The van der Waals surface area contributed by atoms with E-state index in [0.29, 0.717) is 79.5 Å². The van der Waals surface area contributed by atoms with Crippen molar-refractivity contribution in [2.45, 2.75) is 141 Å². The van der Waals surface area contributed by atoms with Crippen molar-refractivity contribution in [2.24, 2.45) is 17.8 Å². The van der Waals surface area contributed by atoms with Gasteiger partial charge >= 0.3 is 11.9 Å². The first-order valence-corrected chi connectivity index (χ1v) is 25.4. The summed E-state index contributed by atoms with van der Waals surface area (Å²) in [6, 6.07) is 2.66. The molecule has 14 heteroatoms. The molecule has 0 amide bonds. The third-order valence-corrected chi connectivity index (χ3v) is 16.9. The van der Waals surface area contributed by atoms with Crippen LogP contribution in [-0.4, -0.2) is 101 Å². The molecular weight excluding hydrogens is 906 g/mol. The van der Waals surface area contributed by atoms with Crippen molar-refractivity contribution in [2.75, 3.05) is 45.3 Å². The summed E-state index contributed by atoms with van der Waals surface area (Å²) in [5.41, 5.74) is 1.19. The fraction of sp³-hybridized carbons (Fsp3) is 0.544. The predicted octanol–water partition coefficient (Wildman–Crippen LogP) is 9.36. The van der Waals surface area contributed by atoms with Crippen molar-refractivity contribution in [3.8, 4) is 17.2 Å². The third-order valence-electron chi connectivity index (χ3n) is 16.9. The highest BCUT2D eigenvalue weighted by Gasteiger charge is 2.84. The van der Waals surface area contributed by atoms with Crippen LogP contribution in [0.15, 0.2) is 64.1 Å². The Morgan fingerprint density at radius 1 is 0.944 bits per heavy atom. The number of aromatic carboxylic acids is 1. The summed E-state index contributed by atoms with van der Waals surface area (Å²) in [6.07, 6.45) is 16.9. The number of nitrogens with zero attached hydrogens (tertiary/aromatic N) is 3. The minimum absolute atomic E-state index is 0.0403. The number of carboxylic acid groups (broad SMARTS) is 1. The molecule has 4 saturated carbocycles. The van der Waals surface area contributed by atoms with Gasteiger partial charge in [0.2, 0.25) is 5.43 Å². The Bertz CT molecular complexity index is 2950. The number of halogens is 1. The van der Waals surface area contributed by atoms with Gasteiger partial charge in [0.1, 0.15) is 34.2 Å². The number of carboxylic acids is 1. The third kappa shape index (κ3) is 7.67. The van der Waals surface area contributed by atoms with Gasteiger partial charge in [-0.05, 0) is 125 Å². The van der Waals surface area contributed by atoms with Crippen molar-refractivity contribution in [1.29, 1.82) is 0 Å². The fourth-order valence-electron chi connectivity index (χ4n) is 13.5. The van der Waals surface area contributed by atoms with Crippen LogP contribution in [0.1, 0.15) is 127 Å². The number of ketones is 1. The zero-order valence-corrected chi connectivity index (χ0v) is 42.8. The Balaban J connectivity index is 1.09. The molecule has 7 atom stereocenters. The smallest absolute Gasteiger partial charge is 0.341 e. The first kappa shape index (κ1) is 48.9. The maximum Gasteiger partial charge on any atom is 0.341 e. The topological polar surface area (TPSA) is 146 Å². The molecule has 13 nitrogen and oxygen atoms in total. The van der Waals surface area contributed by atoms with Gasteiger partial charge in [0.25, 0.3) is 0 Å². The van der Waals surface area contributed by atoms with Crippen LogP contribution in [0.25, 0.3) is 17.0 Å². The summed E-state index contributed by atoms with van der Waals surface area (Å²) in [6.45, 7) is 18.2. The summed E-state index contributed by atoms with van der Waals surface area (Å²) < 4.78 is 52.1. The van der Waals surface area contributed by atoms with Crippen molar-refractivity contribution in [3.63, 3.8) is 0 Å². The highest BCUT2D eigenvalue weighted by molar-refractivity contribution is 5.97. The van der Waals surface area contributed by atoms with Crippen LogP contribution in [-0.2, 0) is 31.9 Å². The molecule has 378 valence electrons. The lowest BCUT2D eigenvalue weighted by Crippen LogP contribution is -2.81. The van der Waals surface area contributed by atoms with Crippen LogP contribution in [0.2, 0.25) is 0 Å². The number of rotatable bonds is 13. The van der Waals surface area contributed by atoms with Crippen LogP contribution >= 0.6 is 0 Å². The summed E-state index contributed by atoms with van der Waals surface area (Å²) in [4.78, 5) is 58.6. The highest BCUT2D eigenvalue weighted by atomic mass is 19.1. The molecule has 8 aliphatic rings. The Kier molecular flexibility index (Phi) is 12.0. The quantitative estimate of drug-likeness (QED) is 0.0990. The number of carbonyl (C=O) groups excluding carboxylic acids is 2. The molecule has 1 aromatic heterocycles. The minimum Gasteiger partial charge on any atom is -0.496 e. The summed E-state index contributed by atoms with van der Waals surface area (Å²) in [5, 5.41) is 9.88. The van der Waals surface area contributed by atoms with Gasteiger partial charge in [0.15, 0.2) is 17.0 Å². The number of allylic oxidation sites excluding steroid dienone is 4. The molecule has 71 heavy (non-hydrogen) atoms. The zero-order chi connectivity index (χ0) is 50.7. The molecule has 4 bridgehead atoms. The number of carbonyl (C=O) groups is 3. The van der Waals surface area contributed by atoms with Crippen molar-refractivity contribution < 1.29 is 47.6 Å². The maximum atomic E-state index is 16.3. The number of ether oxygens (including phenoxy) is 5. The van der Waals surface area contributed by atoms with Gasteiger partial charge in [-0.15, -0.1) is 0 Å². The lowest BCUT2D eigenvalue weighted by Gasteiger charge is -2.66. The average molecular weight is 974 g/mol. The number of fused-ring (bicyclic) bond motifs is 3. The van der Waals surface area contributed by atoms with Gasteiger partial charge in [0.05, 0.1) is 36.6 Å². The van der Waals surface area contributed by atoms with E-state index < -0.39 is 51.5 Å². The summed E-state index contributed by atoms with van der Waals surface area (Å²) >= 11 is 0. The number of methoxy groups -OCH3 is 2. The van der Waals surface area contributed by atoms with E-state index in [-0.39, 0.29) is 47.1 Å². The maximum absolute atomic E-state index is 16.3. The molecule has 1 spiro atoms. The average Bonchev–Trinajstić information content (AvgIpc) is 4.16. The monoisotopic (exact) mass is 973 g/mol. The fourth-order valence-corrected chi connectivity index (χ4v) is 13.5. The molecule has 2 aromatic carbocycles. The van der Waals surface area contributed by atoms with Crippen molar-refractivity contribution >= 4 is 40.4 Å². The first-order chi connectivity index (χ1) is 33.7. The molecule has 11 rings (SSSR count). The Morgan fingerprint density at radius 3 is 2.31 bits per heavy atom. The second-order valence-electron chi connectivity index (χ2n) is 22.3. The van der Waals surface area contributed by atoms with Gasteiger partial charge in [-0.25, -0.2) is 14.0 Å². The van der Waals surface area contributed by atoms with E-state index in [1.807, 2.05) is 9.47 Å². The Labute approximate surface area is 415 Å². The normalized spacial score (nSPS) is 29.1. The number of Topliss-reactive ketones (excluding diaryl/α,β-unsaturated/α-hetero) is 1. The number of esters is 1. The molecular formula is C57H68FN3O10. The number of hydrogen-bond acceptors (Lipinski definition) is 11. The van der Waals surface area contributed by atoms with E-state index in [1.165, 1.54) is 24.9 Å². The van der Waals surface area contributed by atoms with E-state index in [9.17, 15) is 19.5 Å². The molecule has 2 saturated heterocycles. The highest BCUT2D eigenvalue weighted by Crippen LogP contribution is 2.71. The van der Waals surface area contributed by atoms with Gasteiger partial charge in [-0.2, -0.15) is 0 Å². The Hall–Kier alpha value is -5.73. The lowest BCUT2D eigenvalue weighted by molar-refractivity contribution is -0.223.